The maximum atomic E-state index is 12.9. The van der Waals surface area contributed by atoms with E-state index < -0.39 is 0 Å². The van der Waals surface area contributed by atoms with Crippen LogP contribution in [0.1, 0.15) is 51.0 Å². The van der Waals surface area contributed by atoms with Gasteiger partial charge in [0.25, 0.3) is 0 Å². The third-order valence-corrected chi connectivity index (χ3v) is 7.55. The number of aromatic nitrogens is 2. The van der Waals surface area contributed by atoms with Gasteiger partial charge in [0, 0.05) is 62.1 Å². The van der Waals surface area contributed by atoms with Gasteiger partial charge in [0.05, 0.1) is 17.8 Å². The van der Waals surface area contributed by atoms with Gasteiger partial charge in [-0.1, -0.05) is 12.5 Å². The van der Waals surface area contributed by atoms with Gasteiger partial charge in [-0.25, -0.2) is 4.98 Å². The number of pyridine rings is 2. The minimum absolute atomic E-state index is 0.0522. The van der Waals surface area contributed by atoms with Crippen LogP contribution in [0.15, 0.2) is 42.7 Å². The summed E-state index contributed by atoms with van der Waals surface area (Å²) in [7, 11) is 0. The second kappa shape index (κ2) is 12.0. The molecule has 3 aromatic rings. The number of benzene rings is 1. The van der Waals surface area contributed by atoms with Gasteiger partial charge in [-0.3, -0.25) is 9.78 Å². The van der Waals surface area contributed by atoms with Crippen molar-refractivity contribution in [3.05, 3.63) is 48.3 Å². The molecule has 7 nitrogen and oxygen atoms in total. The fourth-order valence-electron chi connectivity index (χ4n) is 5.60. The lowest BCUT2D eigenvalue weighted by Gasteiger charge is -2.35. The first-order chi connectivity index (χ1) is 18.1. The molecule has 2 aromatic heterocycles. The van der Waals surface area contributed by atoms with Crippen molar-refractivity contribution in [3.63, 3.8) is 0 Å². The molecule has 5 rings (SSSR count). The van der Waals surface area contributed by atoms with Crippen LogP contribution in [0.2, 0.25) is 0 Å². The number of carbonyl (C=O) groups excluding carboxylic acids is 1. The molecule has 2 saturated heterocycles. The Bertz CT molecular complexity index is 1200. The standard InChI is InChI=1S/C30H38N4O3/c1-22-20-31-28-9-7-24(19-27(28)30(22)34(23(2)35)26-11-17-36-18-12-26)25-8-10-29(32-21-25)37-16-6-15-33-13-4-3-5-14-33/h7-10,19-21,26H,3-6,11-18H2,1-2H3. The van der Waals surface area contributed by atoms with Crippen LogP contribution in [-0.2, 0) is 9.53 Å². The molecule has 7 heteroatoms. The minimum atomic E-state index is 0.0522. The zero-order valence-corrected chi connectivity index (χ0v) is 22.1. The van der Waals surface area contributed by atoms with Crippen molar-refractivity contribution >= 4 is 22.5 Å². The molecule has 196 valence electrons. The van der Waals surface area contributed by atoms with Gasteiger partial charge in [-0.2, -0.15) is 0 Å². The zero-order chi connectivity index (χ0) is 25.6. The summed E-state index contributed by atoms with van der Waals surface area (Å²) in [5, 5.41) is 0.984. The zero-order valence-electron chi connectivity index (χ0n) is 22.1. The largest absolute Gasteiger partial charge is 0.478 e. The van der Waals surface area contributed by atoms with E-state index in [0.29, 0.717) is 25.7 Å². The smallest absolute Gasteiger partial charge is 0.224 e. The number of anilines is 1. The Balaban J connectivity index is 1.33. The van der Waals surface area contributed by atoms with Gasteiger partial charge in [0.2, 0.25) is 11.8 Å². The first-order valence-corrected chi connectivity index (χ1v) is 13.7. The Morgan fingerprint density at radius 2 is 1.84 bits per heavy atom. The number of likely N-dealkylation sites (tertiary alicyclic amines) is 1. The number of hydrogen-bond donors (Lipinski definition) is 0. The summed E-state index contributed by atoms with van der Waals surface area (Å²) in [5.74, 6) is 0.708. The monoisotopic (exact) mass is 502 g/mol. The van der Waals surface area contributed by atoms with Crippen LogP contribution in [0.3, 0.4) is 0 Å². The first kappa shape index (κ1) is 25.6. The van der Waals surface area contributed by atoms with E-state index in [-0.39, 0.29) is 11.9 Å². The number of rotatable bonds is 8. The Kier molecular flexibility index (Phi) is 8.31. The topological polar surface area (TPSA) is 67.8 Å². The lowest BCUT2D eigenvalue weighted by atomic mass is 9.99. The number of nitrogens with zero attached hydrogens (tertiary/aromatic N) is 4. The van der Waals surface area contributed by atoms with E-state index in [4.69, 9.17) is 9.47 Å². The van der Waals surface area contributed by atoms with E-state index >= 15 is 0 Å². The lowest BCUT2D eigenvalue weighted by Crippen LogP contribution is -2.43. The highest BCUT2D eigenvalue weighted by molar-refractivity contribution is 6.04. The van der Waals surface area contributed by atoms with Crippen molar-refractivity contribution in [1.82, 2.24) is 14.9 Å². The molecule has 2 aliphatic rings. The van der Waals surface area contributed by atoms with Gasteiger partial charge in [-0.05, 0) is 81.4 Å². The van der Waals surface area contributed by atoms with Crippen LogP contribution >= 0.6 is 0 Å². The van der Waals surface area contributed by atoms with Crippen LogP contribution in [0.4, 0.5) is 5.69 Å². The molecule has 0 atom stereocenters. The summed E-state index contributed by atoms with van der Waals surface area (Å²) >= 11 is 0. The average Bonchev–Trinajstić information content (AvgIpc) is 2.94. The molecule has 1 amide bonds. The Morgan fingerprint density at radius 1 is 1.05 bits per heavy atom. The van der Waals surface area contributed by atoms with Gasteiger partial charge in [0.15, 0.2) is 0 Å². The molecule has 4 heterocycles. The summed E-state index contributed by atoms with van der Waals surface area (Å²) in [6, 6.07) is 10.4. The van der Waals surface area contributed by atoms with E-state index in [1.165, 1.54) is 32.4 Å². The van der Waals surface area contributed by atoms with Crippen molar-refractivity contribution < 1.29 is 14.3 Å². The predicted molar refractivity (Wildman–Crippen MR) is 147 cm³/mol. The molecule has 2 fully saturated rings. The van der Waals surface area contributed by atoms with E-state index in [9.17, 15) is 4.79 Å². The molecule has 1 aromatic carbocycles. The van der Waals surface area contributed by atoms with Crippen LogP contribution in [0.5, 0.6) is 5.88 Å². The number of piperidine rings is 1. The molecule has 0 unspecified atom stereocenters. The lowest BCUT2D eigenvalue weighted by molar-refractivity contribution is -0.117. The number of hydrogen-bond acceptors (Lipinski definition) is 6. The highest BCUT2D eigenvalue weighted by Crippen LogP contribution is 2.35. The van der Waals surface area contributed by atoms with Gasteiger partial charge >= 0.3 is 0 Å². The maximum absolute atomic E-state index is 12.9. The van der Waals surface area contributed by atoms with Crippen LogP contribution in [0, 0.1) is 6.92 Å². The fourth-order valence-corrected chi connectivity index (χ4v) is 5.60. The average molecular weight is 503 g/mol. The number of carbonyl (C=O) groups is 1. The van der Waals surface area contributed by atoms with E-state index in [0.717, 1.165) is 59.1 Å². The fraction of sp³-hybridized carbons (Fsp3) is 0.500. The highest BCUT2D eigenvalue weighted by atomic mass is 16.5. The summed E-state index contributed by atoms with van der Waals surface area (Å²) < 4.78 is 11.5. The second-order valence-corrected chi connectivity index (χ2v) is 10.2. The van der Waals surface area contributed by atoms with E-state index in [1.807, 2.05) is 36.4 Å². The number of aryl methyl sites for hydroxylation is 1. The Labute approximate surface area is 219 Å². The van der Waals surface area contributed by atoms with Gasteiger partial charge in [0.1, 0.15) is 0 Å². The molecule has 0 radical (unpaired) electrons. The molecule has 0 N–H and O–H groups in total. The first-order valence-electron chi connectivity index (χ1n) is 13.7. The number of ether oxygens (including phenoxy) is 2. The Morgan fingerprint density at radius 3 is 2.57 bits per heavy atom. The summed E-state index contributed by atoms with van der Waals surface area (Å²) in [6.45, 7) is 9.25. The summed E-state index contributed by atoms with van der Waals surface area (Å²) in [4.78, 5) is 26.6. The summed E-state index contributed by atoms with van der Waals surface area (Å²) in [5.41, 5.74) is 4.88. The predicted octanol–water partition coefficient (Wildman–Crippen LogP) is 5.39. The third kappa shape index (κ3) is 6.11. The van der Waals surface area contributed by atoms with Crippen LogP contribution in [-0.4, -0.2) is 66.3 Å². The third-order valence-electron chi connectivity index (χ3n) is 7.55. The molecule has 0 spiro atoms. The maximum Gasteiger partial charge on any atom is 0.224 e. The van der Waals surface area contributed by atoms with E-state index in [1.54, 1.807) is 6.92 Å². The van der Waals surface area contributed by atoms with Crippen molar-refractivity contribution in [3.8, 4) is 17.0 Å². The second-order valence-electron chi connectivity index (χ2n) is 10.2. The molecule has 2 aliphatic heterocycles. The Hall–Kier alpha value is -3.03. The molecule has 37 heavy (non-hydrogen) atoms. The minimum Gasteiger partial charge on any atom is -0.478 e. The van der Waals surface area contributed by atoms with E-state index in [2.05, 4.69) is 33.1 Å². The molecule has 0 aliphatic carbocycles. The molecule has 0 bridgehead atoms. The van der Waals surface area contributed by atoms with Crippen LogP contribution in [0.25, 0.3) is 22.0 Å². The normalized spacial score (nSPS) is 17.1. The van der Waals surface area contributed by atoms with Crippen molar-refractivity contribution in [1.29, 1.82) is 0 Å². The summed E-state index contributed by atoms with van der Waals surface area (Å²) in [6.07, 6.45) is 10.4. The number of fused-ring (bicyclic) bond motifs is 1. The van der Waals surface area contributed by atoms with Gasteiger partial charge in [-0.15, -0.1) is 0 Å². The van der Waals surface area contributed by atoms with Crippen LogP contribution < -0.4 is 9.64 Å². The number of amides is 1. The van der Waals surface area contributed by atoms with Crippen molar-refractivity contribution in [2.45, 2.75) is 58.4 Å². The SMILES string of the molecule is CC(=O)N(c1c(C)cnc2ccc(-c3ccc(OCCCN4CCCCC4)nc3)cc12)C1CCOCC1. The molecular formula is C30H38N4O3. The molecular weight excluding hydrogens is 464 g/mol. The molecule has 0 saturated carbocycles. The highest BCUT2D eigenvalue weighted by Gasteiger charge is 2.28. The van der Waals surface area contributed by atoms with Crippen molar-refractivity contribution in [2.75, 3.05) is 44.4 Å². The van der Waals surface area contributed by atoms with Gasteiger partial charge < -0.3 is 19.3 Å². The quantitative estimate of drug-likeness (QED) is 0.385. The van der Waals surface area contributed by atoms with Crippen molar-refractivity contribution in [2.24, 2.45) is 0 Å².